The van der Waals surface area contributed by atoms with Crippen LogP contribution in [0.3, 0.4) is 0 Å². The van der Waals surface area contributed by atoms with Gasteiger partial charge >= 0.3 is 0 Å². The van der Waals surface area contributed by atoms with Crippen LogP contribution in [0.4, 0.5) is 8.78 Å². The maximum atomic E-state index is 13.9. The second-order valence-corrected chi connectivity index (χ2v) is 6.74. The van der Waals surface area contributed by atoms with Gasteiger partial charge < -0.3 is 5.32 Å². The van der Waals surface area contributed by atoms with Gasteiger partial charge in [-0.2, -0.15) is 0 Å². The first-order valence-electron chi connectivity index (χ1n) is 8.02. The van der Waals surface area contributed by atoms with Crippen LogP contribution < -0.4 is 5.32 Å². The average molecular weight is 360 g/mol. The molecule has 1 N–H and O–H groups in total. The zero-order valence-corrected chi connectivity index (χ0v) is 14.2. The number of hydrogen-bond donors (Lipinski definition) is 1. The molecular formula is C17H24BrF2N. The molecule has 4 heteroatoms. The van der Waals surface area contributed by atoms with Crippen molar-refractivity contribution in [3.8, 4) is 0 Å². The predicted octanol–water partition coefficient (Wildman–Crippen LogP) is 5.74. The lowest BCUT2D eigenvalue weighted by Crippen LogP contribution is -2.29. The van der Waals surface area contributed by atoms with Crippen LogP contribution in [0.5, 0.6) is 0 Å². The van der Waals surface area contributed by atoms with Gasteiger partial charge in [0.1, 0.15) is 0 Å². The first kappa shape index (κ1) is 16.9. The molecule has 0 amide bonds. The van der Waals surface area contributed by atoms with E-state index in [4.69, 9.17) is 0 Å². The smallest absolute Gasteiger partial charge is 0.173 e. The Morgan fingerprint density at radius 2 is 1.86 bits per heavy atom. The van der Waals surface area contributed by atoms with Crippen LogP contribution in [0.25, 0.3) is 0 Å². The van der Waals surface area contributed by atoms with E-state index in [1.54, 1.807) is 6.07 Å². The van der Waals surface area contributed by atoms with Gasteiger partial charge in [-0.15, -0.1) is 0 Å². The molecule has 2 rings (SSSR count). The van der Waals surface area contributed by atoms with Gasteiger partial charge in [0.25, 0.3) is 0 Å². The highest BCUT2D eigenvalue weighted by atomic mass is 79.9. The van der Waals surface area contributed by atoms with Crippen molar-refractivity contribution < 1.29 is 8.78 Å². The highest BCUT2D eigenvalue weighted by Crippen LogP contribution is 2.37. The van der Waals surface area contributed by atoms with Crippen molar-refractivity contribution in [2.45, 2.75) is 57.9 Å². The molecule has 1 unspecified atom stereocenters. The van der Waals surface area contributed by atoms with E-state index < -0.39 is 11.6 Å². The third-order valence-electron chi connectivity index (χ3n) is 4.39. The molecule has 0 bridgehead atoms. The Kier molecular flexibility index (Phi) is 6.62. The lowest BCUT2D eigenvalue weighted by molar-refractivity contribution is 0.323. The van der Waals surface area contributed by atoms with Crippen LogP contribution in [0, 0.1) is 17.6 Å². The second kappa shape index (κ2) is 8.23. The number of hydrogen-bond acceptors (Lipinski definition) is 1. The van der Waals surface area contributed by atoms with Gasteiger partial charge in [-0.05, 0) is 59.3 Å². The number of halogens is 3. The molecule has 1 aromatic rings. The summed E-state index contributed by atoms with van der Waals surface area (Å²) in [6.45, 7) is 3.02. The fraction of sp³-hybridized carbons (Fsp3) is 0.647. The fourth-order valence-corrected chi connectivity index (χ4v) is 3.82. The summed E-state index contributed by atoms with van der Waals surface area (Å²) in [6, 6.07) is 3.07. The Labute approximate surface area is 134 Å². The normalized spacial score (nSPS) is 18.5. The van der Waals surface area contributed by atoms with Gasteiger partial charge in [0.2, 0.25) is 0 Å². The van der Waals surface area contributed by atoms with E-state index in [2.05, 4.69) is 28.2 Å². The van der Waals surface area contributed by atoms with E-state index >= 15 is 0 Å². The van der Waals surface area contributed by atoms with E-state index in [1.165, 1.54) is 31.7 Å². The maximum absolute atomic E-state index is 13.9. The van der Waals surface area contributed by atoms with E-state index in [-0.39, 0.29) is 10.5 Å². The van der Waals surface area contributed by atoms with Crippen molar-refractivity contribution >= 4 is 15.9 Å². The molecule has 0 aliphatic heterocycles. The monoisotopic (exact) mass is 359 g/mol. The average Bonchev–Trinajstić information content (AvgIpc) is 2.76. The number of nitrogens with one attached hydrogen (secondary N) is 1. The molecule has 1 aliphatic rings. The van der Waals surface area contributed by atoms with Gasteiger partial charge in [-0.25, -0.2) is 8.78 Å². The summed E-state index contributed by atoms with van der Waals surface area (Å²) in [5.74, 6) is -1.06. The molecule has 1 saturated carbocycles. The van der Waals surface area contributed by atoms with Crippen molar-refractivity contribution in [3.63, 3.8) is 0 Å². The minimum atomic E-state index is -0.791. The molecule has 0 spiro atoms. The molecule has 118 valence electrons. The summed E-state index contributed by atoms with van der Waals surface area (Å²) in [5.41, 5.74) is 0.856. The number of rotatable bonds is 5. The van der Waals surface area contributed by atoms with Crippen molar-refractivity contribution in [2.24, 2.45) is 5.92 Å². The van der Waals surface area contributed by atoms with Gasteiger partial charge in [0, 0.05) is 6.04 Å². The minimum Gasteiger partial charge on any atom is -0.310 e. The van der Waals surface area contributed by atoms with Gasteiger partial charge in [-0.1, -0.05) is 38.7 Å². The largest absolute Gasteiger partial charge is 0.310 e. The predicted molar refractivity (Wildman–Crippen MR) is 86.3 cm³/mol. The molecule has 0 aromatic heterocycles. The highest BCUT2D eigenvalue weighted by molar-refractivity contribution is 9.10. The van der Waals surface area contributed by atoms with Crippen LogP contribution in [0.2, 0.25) is 0 Å². The fourth-order valence-electron chi connectivity index (χ4n) is 3.26. The quantitative estimate of drug-likeness (QED) is 0.522. The van der Waals surface area contributed by atoms with Crippen LogP contribution in [0.1, 0.15) is 63.5 Å². The SMILES string of the molecule is CCCNC(c1ccc(F)c(F)c1Br)C1CCCCCC1. The van der Waals surface area contributed by atoms with Crippen LogP contribution in [0.15, 0.2) is 16.6 Å². The molecule has 0 saturated heterocycles. The summed E-state index contributed by atoms with van der Waals surface area (Å²) in [6.07, 6.45) is 8.39. The Hall–Kier alpha value is -0.480. The topological polar surface area (TPSA) is 12.0 Å². The third kappa shape index (κ3) is 4.26. The summed E-state index contributed by atoms with van der Waals surface area (Å²) >= 11 is 3.25. The van der Waals surface area contributed by atoms with Gasteiger partial charge in [0.15, 0.2) is 11.6 Å². The summed E-state index contributed by atoms with van der Waals surface area (Å²) < 4.78 is 27.5. The van der Waals surface area contributed by atoms with Crippen molar-refractivity contribution in [1.29, 1.82) is 0 Å². The van der Waals surface area contributed by atoms with Gasteiger partial charge in [-0.3, -0.25) is 0 Å². The Morgan fingerprint density at radius 1 is 1.19 bits per heavy atom. The second-order valence-electron chi connectivity index (χ2n) is 5.95. The zero-order valence-electron chi connectivity index (χ0n) is 12.6. The number of benzene rings is 1. The Balaban J connectivity index is 2.28. The molecule has 0 radical (unpaired) electrons. The Bertz CT molecular complexity index is 456. The van der Waals surface area contributed by atoms with E-state index in [0.717, 1.165) is 31.4 Å². The van der Waals surface area contributed by atoms with Crippen LogP contribution >= 0.6 is 15.9 Å². The van der Waals surface area contributed by atoms with Crippen molar-refractivity contribution in [1.82, 2.24) is 5.32 Å². The third-order valence-corrected chi connectivity index (χ3v) is 5.19. The first-order chi connectivity index (χ1) is 10.1. The zero-order chi connectivity index (χ0) is 15.2. The lowest BCUT2D eigenvalue weighted by atomic mass is 9.87. The molecule has 21 heavy (non-hydrogen) atoms. The van der Waals surface area contributed by atoms with Gasteiger partial charge in [0.05, 0.1) is 4.47 Å². The van der Waals surface area contributed by atoms with E-state index in [0.29, 0.717) is 5.92 Å². The van der Waals surface area contributed by atoms with E-state index in [9.17, 15) is 8.78 Å². The summed E-state index contributed by atoms with van der Waals surface area (Å²) in [4.78, 5) is 0. The standard InChI is InChI=1S/C17H24BrF2N/c1-2-11-21-17(12-7-5-3-4-6-8-12)13-9-10-14(19)16(20)15(13)18/h9-10,12,17,21H,2-8,11H2,1H3. The molecule has 1 aromatic carbocycles. The molecule has 1 atom stereocenters. The molecule has 1 nitrogen and oxygen atoms in total. The molecule has 0 heterocycles. The lowest BCUT2D eigenvalue weighted by Gasteiger charge is -2.29. The first-order valence-corrected chi connectivity index (χ1v) is 8.81. The maximum Gasteiger partial charge on any atom is 0.173 e. The van der Waals surface area contributed by atoms with Crippen LogP contribution in [-0.4, -0.2) is 6.54 Å². The van der Waals surface area contributed by atoms with Crippen LogP contribution in [-0.2, 0) is 0 Å². The van der Waals surface area contributed by atoms with Crippen molar-refractivity contribution in [2.75, 3.05) is 6.54 Å². The summed E-state index contributed by atoms with van der Waals surface area (Å²) in [7, 11) is 0. The summed E-state index contributed by atoms with van der Waals surface area (Å²) in [5, 5.41) is 3.55. The molecular weight excluding hydrogens is 336 g/mol. The highest BCUT2D eigenvalue weighted by Gasteiger charge is 2.27. The van der Waals surface area contributed by atoms with E-state index in [1.807, 2.05) is 0 Å². The molecule has 1 aliphatic carbocycles. The minimum absolute atomic E-state index is 0.104. The molecule has 1 fully saturated rings. The Morgan fingerprint density at radius 3 is 2.48 bits per heavy atom. The van der Waals surface area contributed by atoms with Crippen molar-refractivity contribution in [3.05, 3.63) is 33.8 Å².